The lowest BCUT2D eigenvalue weighted by Crippen LogP contribution is -2.29. The summed E-state index contributed by atoms with van der Waals surface area (Å²) in [6.07, 6.45) is 37.5. The zero-order chi connectivity index (χ0) is 38.4. The fraction of sp³-hybridized carbons (Fsp3) is 0.957. The molecule has 0 aromatic heterocycles. The largest absolute Gasteiger partial charge is 0.465 e. The number of carbonyl (C=O) groups excluding carboxylic acids is 2. The Morgan fingerprint density at radius 3 is 1.46 bits per heavy atom. The second-order valence-corrected chi connectivity index (χ2v) is 16.6. The van der Waals surface area contributed by atoms with Crippen LogP contribution in [0.1, 0.15) is 240 Å². The minimum atomic E-state index is -0.409. The highest BCUT2D eigenvalue weighted by atomic mass is 16.5. The van der Waals surface area contributed by atoms with Crippen LogP contribution in [0.3, 0.4) is 0 Å². The van der Waals surface area contributed by atoms with Gasteiger partial charge in [-0.3, -0.25) is 9.59 Å². The van der Waals surface area contributed by atoms with Crippen molar-refractivity contribution in [1.82, 2.24) is 4.90 Å². The third kappa shape index (κ3) is 33.4. The maximum atomic E-state index is 12.7. The quantitative estimate of drug-likeness (QED) is 0.0497. The number of ether oxygens (including phenoxy) is 2. The van der Waals surface area contributed by atoms with E-state index in [1.165, 1.54) is 116 Å². The number of unbranched alkanes of at least 4 members (excludes halogenated alkanes) is 23. The van der Waals surface area contributed by atoms with E-state index >= 15 is 0 Å². The molecule has 0 bridgehead atoms. The molecule has 0 rings (SSSR count). The van der Waals surface area contributed by atoms with Gasteiger partial charge in [-0.1, -0.05) is 162 Å². The molecule has 0 fully saturated rings. The van der Waals surface area contributed by atoms with E-state index < -0.39 is 5.41 Å². The predicted octanol–water partition coefficient (Wildman–Crippen LogP) is 13.3. The summed E-state index contributed by atoms with van der Waals surface area (Å²) in [4.78, 5) is 27.7. The highest BCUT2D eigenvalue weighted by Gasteiger charge is 2.28. The Hall–Kier alpha value is -1.14. The SMILES string of the molecule is CCCCCCCCCOC(=O)C(C)(C)CCCCCCN(CCO)CCCCCCCC(=O)OC(CCCCCCCC)CCCCCCCC. The summed E-state index contributed by atoms with van der Waals surface area (Å²) < 4.78 is 11.6. The number of rotatable bonds is 41. The van der Waals surface area contributed by atoms with Crippen LogP contribution in [0, 0.1) is 5.41 Å². The van der Waals surface area contributed by atoms with Gasteiger partial charge in [0.25, 0.3) is 0 Å². The molecule has 0 amide bonds. The highest BCUT2D eigenvalue weighted by Crippen LogP contribution is 2.26. The van der Waals surface area contributed by atoms with E-state index in [1.807, 2.05) is 13.8 Å². The van der Waals surface area contributed by atoms with Crippen LogP contribution in [-0.4, -0.2) is 60.9 Å². The first-order chi connectivity index (χ1) is 25.3. The first-order valence-corrected chi connectivity index (χ1v) is 23.0. The van der Waals surface area contributed by atoms with Gasteiger partial charge >= 0.3 is 11.9 Å². The standard InChI is InChI=1S/C46H91NO5/c1-6-9-12-15-18-26-33-42-51-45(50)46(4,5)37-30-23-25-32-39-47(40-41-48)38-31-24-19-22-29-36-44(49)52-43(34-27-20-16-13-10-7-2)35-28-21-17-14-11-8-3/h43,48H,6-42H2,1-5H3. The van der Waals surface area contributed by atoms with Crippen molar-refractivity contribution in [2.75, 3.05) is 32.8 Å². The summed E-state index contributed by atoms with van der Waals surface area (Å²) in [5.41, 5.74) is -0.409. The van der Waals surface area contributed by atoms with Crippen molar-refractivity contribution in [3.05, 3.63) is 0 Å². The Labute approximate surface area is 324 Å². The Kier molecular flexibility index (Phi) is 37.3. The number of carbonyl (C=O) groups is 2. The van der Waals surface area contributed by atoms with E-state index in [0.29, 0.717) is 13.0 Å². The van der Waals surface area contributed by atoms with Gasteiger partial charge in [0.2, 0.25) is 0 Å². The molecule has 0 aliphatic heterocycles. The summed E-state index contributed by atoms with van der Waals surface area (Å²) in [5.74, 6) is -0.0304. The first kappa shape index (κ1) is 50.9. The molecule has 0 aliphatic carbocycles. The van der Waals surface area contributed by atoms with Gasteiger partial charge in [0, 0.05) is 13.0 Å². The van der Waals surface area contributed by atoms with Crippen molar-refractivity contribution < 1.29 is 24.2 Å². The van der Waals surface area contributed by atoms with Crippen LogP contribution >= 0.6 is 0 Å². The molecular weight excluding hydrogens is 647 g/mol. The molecule has 0 aromatic carbocycles. The number of hydrogen-bond acceptors (Lipinski definition) is 6. The third-order valence-electron chi connectivity index (χ3n) is 10.9. The fourth-order valence-electron chi connectivity index (χ4n) is 7.20. The van der Waals surface area contributed by atoms with E-state index in [2.05, 4.69) is 25.7 Å². The van der Waals surface area contributed by atoms with Gasteiger partial charge < -0.3 is 19.5 Å². The van der Waals surface area contributed by atoms with Crippen molar-refractivity contribution in [2.45, 2.75) is 246 Å². The van der Waals surface area contributed by atoms with E-state index in [4.69, 9.17) is 9.47 Å². The van der Waals surface area contributed by atoms with Gasteiger partial charge in [-0.2, -0.15) is 0 Å². The molecule has 0 saturated heterocycles. The lowest BCUT2D eigenvalue weighted by molar-refractivity contribution is -0.154. The lowest BCUT2D eigenvalue weighted by atomic mass is 9.87. The Balaban J connectivity index is 4.10. The summed E-state index contributed by atoms with van der Waals surface area (Å²) >= 11 is 0. The van der Waals surface area contributed by atoms with E-state index in [0.717, 1.165) is 103 Å². The average molecular weight is 738 g/mol. The molecule has 0 heterocycles. The maximum Gasteiger partial charge on any atom is 0.311 e. The van der Waals surface area contributed by atoms with Gasteiger partial charge in [0.05, 0.1) is 18.6 Å². The molecule has 6 heteroatoms. The van der Waals surface area contributed by atoms with Crippen molar-refractivity contribution in [1.29, 1.82) is 0 Å². The van der Waals surface area contributed by atoms with Crippen molar-refractivity contribution in [2.24, 2.45) is 5.41 Å². The van der Waals surface area contributed by atoms with Gasteiger partial charge in [0.1, 0.15) is 6.10 Å². The molecule has 1 N–H and O–H groups in total. The molecule has 0 unspecified atom stereocenters. The van der Waals surface area contributed by atoms with Crippen LogP contribution in [0.2, 0.25) is 0 Å². The van der Waals surface area contributed by atoms with Gasteiger partial charge in [-0.15, -0.1) is 0 Å². The minimum Gasteiger partial charge on any atom is -0.465 e. The number of nitrogens with zero attached hydrogens (tertiary/aromatic N) is 1. The Morgan fingerprint density at radius 2 is 0.962 bits per heavy atom. The molecule has 52 heavy (non-hydrogen) atoms. The van der Waals surface area contributed by atoms with Crippen molar-refractivity contribution in [3.63, 3.8) is 0 Å². The molecule has 0 aliphatic rings. The van der Waals surface area contributed by atoms with Crippen LogP contribution in [0.4, 0.5) is 0 Å². The predicted molar refractivity (Wildman–Crippen MR) is 223 cm³/mol. The maximum absolute atomic E-state index is 12.7. The van der Waals surface area contributed by atoms with Crippen LogP contribution < -0.4 is 0 Å². The Morgan fingerprint density at radius 1 is 0.538 bits per heavy atom. The molecule has 0 aromatic rings. The Bertz CT molecular complexity index is 756. The topological polar surface area (TPSA) is 76.1 Å². The second kappa shape index (κ2) is 38.1. The average Bonchev–Trinajstić information content (AvgIpc) is 3.12. The number of hydrogen-bond donors (Lipinski definition) is 1. The number of esters is 2. The second-order valence-electron chi connectivity index (χ2n) is 16.6. The van der Waals surface area contributed by atoms with Crippen LogP contribution in [0.5, 0.6) is 0 Å². The van der Waals surface area contributed by atoms with E-state index in [-0.39, 0.29) is 24.6 Å². The summed E-state index contributed by atoms with van der Waals surface area (Å²) in [7, 11) is 0. The summed E-state index contributed by atoms with van der Waals surface area (Å²) in [5, 5.41) is 9.59. The van der Waals surface area contributed by atoms with Crippen LogP contribution in [0.15, 0.2) is 0 Å². The molecule has 0 atom stereocenters. The number of aliphatic hydroxyl groups excluding tert-OH is 1. The van der Waals surface area contributed by atoms with Gasteiger partial charge in [-0.05, 0) is 84.7 Å². The lowest BCUT2D eigenvalue weighted by Gasteiger charge is -2.23. The van der Waals surface area contributed by atoms with Crippen LogP contribution in [-0.2, 0) is 19.1 Å². The normalized spacial score (nSPS) is 11.9. The minimum absolute atomic E-state index is 0.0124. The van der Waals surface area contributed by atoms with E-state index in [1.54, 1.807) is 0 Å². The molecule has 310 valence electrons. The molecule has 0 radical (unpaired) electrons. The zero-order valence-electron chi connectivity index (χ0n) is 35.8. The molecular formula is C46H91NO5. The molecule has 0 spiro atoms. The number of aliphatic hydroxyl groups is 1. The smallest absolute Gasteiger partial charge is 0.311 e. The molecule has 0 saturated carbocycles. The molecule has 6 nitrogen and oxygen atoms in total. The van der Waals surface area contributed by atoms with Crippen molar-refractivity contribution in [3.8, 4) is 0 Å². The highest BCUT2D eigenvalue weighted by molar-refractivity contribution is 5.75. The fourth-order valence-corrected chi connectivity index (χ4v) is 7.20. The van der Waals surface area contributed by atoms with E-state index in [9.17, 15) is 14.7 Å². The van der Waals surface area contributed by atoms with Gasteiger partial charge in [-0.25, -0.2) is 0 Å². The monoisotopic (exact) mass is 738 g/mol. The zero-order valence-corrected chi connectivity index (χ0v) is 35.8. The first-order valence-electron chi connectivity index (χ1n) is 23.0. The van der Waals surface area contributed by atoms with Gasteiger partial charge in [0.15, 0.2) is 0 Å². The van der Waals surface area contributed by atoms with Crippen LogP contribution in [0.25, 0.3) is 0 Å². The summed E-state index contributed by atoms with van der Waals surface area (Å²) in [6.45, 7) is 14.4. The third-order valence-corrected chi connectivity index (χ3v) is 10.9. The summed E-state index contributed by atoms with van der Waals surface area (Å²) in [6, 6.07) is 0. The van der Waals surface area contributed by atoms with Crippen molar-refractivity contribution >= 4 is 11.9 Å².